The fraction of sp³-hybridized carbons (Fsp3) is 0.115. The number of rotatable bonds is 11. The van der Waals surface area contributed by atoms with Crippen molar-refractivity contribution in [2.24, 2.45) is 15.0 Å². The van der Waals surface area contributed by atoms with Gasteiger partial charge < -0.3 is 19.8 Å². The lowest BCUT2D eigenvalue weighted by Crippen LogP contribution is -2.50. The van der Waals surface area contributed by atoms with Crippen molar-refractivity contribution >= 4 is 66.7 Å². The minimum Gasteiger partial charge on any atom is -0.351 e. The molecule has 0 fully saturated rings. The highest BCUT2D eigenvalue weighted by atomic mass is 15.3. The van der Waals surface area contributed by atoms with Gasteiger partial charge in [0.25, 0.3) is 0 Å². The molecule has 0 amide bonds. The molecule has 3 N–H and O–H groups in total. The number of para-hydroxylation sites is 2. The number of amidine groups is 3. The van der Waals surface area contributed by atoms with Crippen LogP contribution in [0, 0.1) is 0 Å². The number of fused-ring (bicyclic) bond motifs is 7. The highest BCUT2D eigenvalue weighted by molar-refractivity contribution is 6.29. The average Bonchev–Trinajstić information content (AvgIpc) is 1.56. The fourth-order valence-corrected chi connectivity index (χ4v) is 13.6. The first-order valence-electron chi connectivity index (χ1n) is 30.3. The number of aromatic nitrogens is 2. The summed E-state index contributed by atoms with van der Waals surface area (Å²) >= 11 is 0. The number of benzene rings is 9. The molecule has 4 atom stereocenters. The molecule has 4 unspecified atom stereocenters. The van der Waals surface area contributed by atoms with Gasteiger partial charge in [0.15, 0.2) is 5.84 Å². The predicted molar refractivity (Wildman–Crippen MR) is 356 cm³/mol. The largest absolute Gasteiger partial charge is 0.351 e. The van der Waals surface area contributed by atoms with Gasteiger partial charge in [-0.15, -0.1) is 0 Å². The molecule has 8 nitrogen and oxygen atoms in total. The molecule has 0 saturated heterocycles. The fourth-order valence-electron chi connectivity index (χ4n) is 13.6. The number of hydrogen-bond acceptors (Lipinski definition) is 6. The van der Waals surface area contributed by atoms with Crippen LogP contribution in [0.5, 0.6) is 0 Å². The van der Waals surface area contributed by atoms with Gasteiger partial charge in [-0.05, 0) is 120 Å². The summed E-state index contributed by atoms with van der Waals surface area (Å²) in [7, 11) is 0. The number of allylic oxidation sites excluding steroid dienone is 10. The van der Waals surface area contributed by atoms with Crippen molar-refractivity contribution in [2.75, 3.05) is 0 Å². The van der Waals surface area contributed by atoms with Gasteiger partial charge in [0, 0.05) is 55.4 Å². The Morgan fingerprint density at radius 3 is 1.95 bits per heavy atom. The molecular formula is C78H62N8. The van der Waals surface area contributed by atoms with E-state index in [0.717, 1.165) is 105 Å². The lowest BCUT2D eigenvalue weighted by molar-refractivity contribution is 0.423. The maximum absolute atomic E-state index is 5.71. The highest BCUT2D eigenvalue weighted by Crippen LogP contribution is 2.47. The van der Waals surface area contributed by atoms with Crippen LogP contribution in [0.4, 0.5) is 0 Å². The number of aliphatic imine (C=N–C) groups is 3. The molecule has 5 aliphatic rings. The monoisotopic (exact) mass is 1110 g/mol. The maximum Gasteiger partial charge on any atom is 0.161 e. The van der Waals surface area contributed by atoms with Crippen LogP contribution < -0.4 is 16.0 Å². The third-order valence-corrected chi connectivity index (χ3v) is 17.7. The van der Waals surface area contributed by atoms with Crippen molar-refractivity contribution in [3.8, 4) is 22.5 Å². The standard InChI is InChI=1S/C78H62N8/c1-8-26-51(27-9-1)57-44-46-68-64(48-57)65-50-63(53-30-12-3-13-31-53)71-70(62-42-24-25-43-67(62)85(71)59-38-20-7-21-39-59)72(65)86(68)69-47-45-58(49-66(69)78-82-73(54-32-14-4-15-33-54)79-74(83-78)55-34-16-5-17-35-55)76-80-75(56-36-18-6-19-37-56)81-77(84-76)61-41-23-22-40-60(61)52-28-10-2-11-29-52/h1-2,4-12,14-18,20-36,38-39,41-50,60,73,75-76,80H,3,13,19,37,40H2,(H,81,84)(H,79,82,83). The summed E-state index contributed by atoms with van der Waals surface area (Å²) in [5, 5.41) is 16.5. The number of nitrogens with zero attached hydrogens (tertiary/aromatic N) is 5. The Bertz CT molecular complexity index is 4750. The topological polar surface area (TPSA) is 83.0 Å². The molecule has 0 spiro atoms. The molecule has 11 aromatic rings. The van der Waals surface area contributed by atoms with Crippen molar-refractivity contribution in [3.63, 3.8) is 0 Å². The van der Waals surface area contributed by atoms with Crippen LogP contribution in [0.15, 0.2) is 299 Å². The summed E-state index contributed by atoms with van der Waals surface area (Å²) in [6.45, 7) is 0. The second-order valence-corrected chi connectivity index (χ2v) is 22.9. The van der Waals surface area contributed by atoms with E-state index in [1.54, 1.807) is 0 Å². The van der Waals surface area contributed by atoms with Crippen LogP contribution >= 0.6 is 0 Å². The van der Waals surface area contributed by atoms with Gasteiger partial charge in [0.2, 0.25) is 0 Å². The Morgan fingerprint density at radius 2 is 1.19 bits per heavy atom. The van der Waals surface area contributed by atoms with Crippen LogP contribution in [0.25, 0.3) is 71.7 Å². The van der Waals surface area contributed by atoms with Crippen LogP contribution in [-0.2, 0) is 0 Å². The molecule has 86 heavy (non-hydrogen) atoms. The van der Waals surface area contributed by atoms with Gasteiger partial charge in [-0.25, -0.2) is 15.0 Å². The van der Waals surface area contributed by atoms with Crippen LogP contribution in [-0.4, -0.2) is 32.8 Å². The molecule has 3 aliphatic carbocycles. The molecule has 9 aromatic carbocycles. The van der Waals surface area contributed by atoms with Crippen LogP contribution in [0.2, 0.25) is 0 Å². The van der Waals surface area contributed by atoms with E-state index in [4.69, 9.17) is 15.0 Å². The smallest absolute Gasteiger partial charge is 0.161 e. The predicted octanol–water partition coefficient (Wildman–Crippen LogP) is 17.6. The second kappa shape index (κ2) is 22.0. The van der Waals surface area contributed by atoms with Crippen molar-refractivity contribution in [2.45, 2.75) is 56.5 Å². The first kappa shape index (κ1) is 51.2. The Kier molecular flexibility index (Phi) is 13.1. The van der Waals surface area contributed by atoms with E-state index in [-0.39, 0.29) is 18.2 Å². The molecule has 414 valence electrons. The highest BCUT2D eigenvalue weighted by Gasteiger charge is 2.34. The summed E-state index contributed by atoms with van der Waals surface area (Å²) < 4.78 is 5.03. The average molecular weight is 1110 g/mol. The van der Waals surface area contributed by atoms with E-state index < -0.39 is 6.17 Å². The Balaban J connectivity index is 0.994. The van der Waals surface area contributed by atoms with E-state index in [2.05, 4.69) is 298 Å². The normalized spacial score (nSPS) is 19.3. The van der Waals surface area contributed by atoms with Crippen LogP contribution in [0.3, 0.4) is 0 Å². The van der Waals surface area contributed by atoms with E-state index in [9.17, 15) is 0 Å². The lowest BCUT2D eigenvalue weighted by atomic mass is 9.84. The molecule has 0 saturated carbocycles. The molecule has 2 aliphatic heterocycles. The van der Waals surface area contributed by atoms with Gasteiger partial charge >= 0.3 is 0 Å². The zero-order chi connectivity index (χ0) is 56.9. The molecule has 0 radical (unpaired) electrons. The van der Waals surface area contributed by atoms with Crippen LogP contribution in [0.1, 0.15) is 83.7 Å². The Morgan fingerprint density at radius 1 is 0.465 bits per heavy atom. The van der Waals surface area contributed by atoms with E-state index in [1.807, 2.05) is 0 Å². The van der Waals surface area contributed by atoms with E-state index >= 15 is 0 Å². The van der Waals surface area contributed by atoms with Gasteiger partial charge in [-0.3, -0.25) is 5.32 Å². The number of hydrogen-bond donors (Lipinski definition) is 3. The third kappa shape index (κ3) is 9.17. The summed E-state index contributed by atoms with van der Waals surface area (Å²) in [6, 6.07) is 79.1. The van der Waals surface area contributed by atoms with Crippen molar-refractivity contribution in [1.82, 2.24) is 25.1 Å². The van der Waals surface area contributed by atoms with Gasteiger partial charge in [0.1, 0.15) is 30.2 Å². The first-order valence-corrected chi connectivity index (χ1v) is 30.3. The quantitative estimate of drug-likeness (QED) is 0.121. The SMILES string of the molecule is C1=CCCC(C2N=C(C3=CC=CCC3c3ccccc3)NC(c3ccc(-n4c5ccc(-c6ccccc6)cc5c5cc(C6=CCCC=C6)c6c(c7ccccc7n6-c6ccccc6)c54)c(C4=NC(c5ccccc5)NC(c5ccccc5)=N4)c3)N2)=C1. The zero-order valence-corrected chi connectivity index (χ0v) is 47.6. The molecule has 16 rings (SSSR count). The van der Waals surface area contributed by atoms with Crippen molar-refractivity contribution < 1.29 is 0 Å². The Hall–Kier alpha value is -10.4. The summed E-state index contributed by atoms with van der Waals surface area (Å²) in [6.07, 6.45) is 24.3. The molecule has 0 bridgehead atoms. The van der Waals surface area contributed by atoms with E-state index in [1.165, 1.54) is 55.1 Å². The van der Waals surface area contributed by atoms with E-state index in [0.29, 0.717) is 5.84 Å². The first-order chi connectivity index (χ1) is 42.7. The molecular weight excluding hydrogens is 1050 g/mol. The number of nitrogens with one attached hydrogen (secondary N) is 3. The van der Waals surface area contributed by atoms with Crippen molar-refractivity contribution in [3.05, 3.63) is 318 Å². The van der Waals surface area contributed by atoms with Crippen molar-refractivity contribution in [1.29, 1.82) is 0 Å². The zero-order valence-electron chi connectivity index (χ0n) is 47.6. The maximum atomic E-state index is 5.71. The third-order valence-electron chi connectivity index (χ3n) is 17.7. The second-order valence-electron chi connectivity index (χ2n) is 22.9. The molecule has 4 heterocycles. The minimum absolute atomic E-state index is 0.142. The van der Waals surface area contributed by atoms with Gasteiger partial charge in [-0.2, -0.15) is 0 Å². The Labute approximate surface area is 500 Å². The molecule has 2 aromatic heterocycles. The summed E-state index contributed by atoms with van der Waals surface area (Å²) in [5.41, 5.74) is 19.1. The summed E-state index contributed by atoms with van der Waals surface area (Å²) in [4.78, 5) is 16.9. The molecule has 8 heteroatoms. The van der Waals surface area contributed by atoms with Gasteiger partial charge in [-0.1, -0.05) is 225 Å². The minimum atomic E-state index is -0.432. The van der Waals surface area contributed by atoms with Gasteiger partial charge in [0.05, 0.1) is 27.8 Å². The lowest BCUT2D eigenvalue weighted by Gasteiger charge is -2.36. The summed E-state index contributed by atoms with van der Waals surface area (Å²) in [5.74, 6) is 2.43.